The predicted octanol–water partition coefficient (Wildman–Crippen LogP) is 2.23. The number of carbonyl (C=O) groups excluding carboxylic acids is 1. The molecule has 94 valence electrons. The summed E-state index contributed by atoms with van der Waals surface area (Å²) in [6.07, 6.45) is 1.53. The Labute approximate surface area is 107 Å². The summed E-state index contributed by atoms with van der Waals surface area (Å²) in [5.41, 5.74) is 0.363. The van der Waals surface area contributed by atoms with Crippen molar-refractivity contribution in [1.29, 1.82) is 0 Å². The van der Waals surface area contributed by atoms with Crippen LogP contribution in [-0.2, 0) is 4.74 Å². The molecule has 0 bridgehead atoms. The third-order valence-electron chi connectivity index (χ3n) is 2.36. The predicted molar refractivity (Wildman–Crippen MR) is 67.3 cm³/mol. The van der Waals surface area contributed by atoms with E-state index in [1.807, 2.05) is 13.8 Å². The Balaban J connectivity index is 2.84. The number of hydrogen-bond donors (Lipinski definition) is 0. The highest BCUT2D eigenvalue weighted by Crippen LogP contribution is 2.11. The van der Waals surface area contributed by atoms with Gasteiger partial charge < -0.3 is 9.64 Å². The average Bonchev–Trinajstić information content (AvgIpc) is 2.29. The standard InChI is InChI=1S/C12H17ClN2O2/c1-9(2)15(6-7-17-3)12(16)11-8-10(13)4-5-14-11/h4-5,8-9H,6-7H2,1-3H3. The average molecular weight is 257 g/mol. The fraction of sp³-hybridized carbons (Fsp3) is 0.500. The van der Waals surface area contributed by atoms with Crippen LogP contribution in [0.15, 0.2) is 18.3 Å². The van der Waals surface area contributed by atoms with Crippen molar-refractivity contribution in [1.82, 2.24) is 9.88 Å². The number of hydrogen-bond acceptors (Lipinski definition) is 3. The van der Waals surface area contributed by atoms with Crippen LogP contribution in [0.2, 0.25) is 5.02 Å². The van der Waals surface area contributed by atoms with Gasteiger partial charge in [0.15, 0.2) is 0 Å². The summed E-state index contributed by atoms with van der Waals surface area (Å²) in [6, 6.07) is 3.32. The van der Waals surface area contributed by atoms with E-state index in [0.29, 0.717) is 23.9 Å². The number of nitrogens with zero attached hydrogens (tertiary/aromatic N) is 2. The van der Waals surface area contributed by atoms with Gasteiger partial charge in [-0.3, -0.25) is 9.78 Å². The van der Waals surface area contributed by atoms with Crippen LogP contribution in [-0.4, -0.2) is 42.1 Å². The first-order valence-electron chi connectivity index (χ1n) is 5.47. The number of pyridine rings is 1. The molecule has 0 saturated carbocycles. The fourth-order valence-electron chi connectivity index (χ4n) is 1.45. The number of rotatable bonds is 5. The van der Waals surface area contributed by atoms with Crippen molar-refractivity contribution in [2.45, 2.75) is 19.9 Å². The van der Waals surface area contributed by atoms with Gasteiger partial charge in [0.1, 0.15) is 5.69 Å². The van der Waals surface area contributed by atoms with E-state index in [4.69, 9.17) is 16.3 Å². The highest BCUT2D eigenvalue weighted by molar-refractivity contribution is 6.30. The molecule has 0 N–H and O–H groups in total. The van der Waals surface area contributed by atoms with E-state index in [9.17, 15) is 4.79 Å². The van der Waals surface area contributed by atoms with Crippen LogP contribution in [0, 0.1) is 0 Å². The van der Waals surface area contributed by atoms with Crippen LogP contribution in [0.1, 0.15) is 24.3 Å². The Bertz CT molecular complexity index is 383. The highest BCUT2D eigenvalue weighted by atomic mass is 35.5. The quantitative estimate of drug-likeness (QED) is 0.811. The summed E-state index contributed by atoms with van der Waals surface area (Å²) in [4.78, 5) is 17.9. The van der Waals surface area contributed by atoms with Gasteiger partial charge >= 0.3 is 0 Å². The topological polar surface area (TPSA) is 42.4 Å². The molecule has 0 saturated heterocycles. The van der Waals surface area contributed by atoms with Crippen LogP contribution in [0.3, 0.4) is 0 Å². The lowest BCUT2D eigenvalue weighted by Crippen LogP contribution is -2.39. The van der Waals surface area contributed by atoms with E-state index in [1.165, 1.54) is 6.20 Å². The van der Waals surface area contributed by atoms with E-state index in [0.717, 1.165) is 0 Å². The summed E-state index contributed by atoms with van der Waals surface area (Å²) in [5, 5.41) is 0.513. The molecule has 0 aliphatic heterocycles. The molecule has 0 aliphatic rings. The second kappa shape index (κ2) is 6.57. The first kappa shape index (κ1) is 13.9. The maximum Gasteiger partial charge on any atom is 0.272 e. The van der Waals surface area contributed by atoms with Crippen LogP contribution in [0.25, 0.3) is 0 Å². The summed E-state index contributed by atoms with van der Waals surface area (Å²) in [6.45, 7) is 4.96. The Morgan fingerprint density at radius 1 is 1.59 bits per heavy atom. The van der Waals surface area contributed by atoms with Crippen molar-refractivity contribution >= 4 is 17.5 Å². The summed E-state index contributed by atoms with van der Waals surface area (Å²) in [5.74, 6) is -0.125. The highest BCUT2D eigenvalue weighted by Gasteiger charge is 2.19. The van der Waals surface area contributed by atoms with Crippen molar-refractivity contribution in [3.63, 3.8) is 0 Å². The van der Waals surface area contributed by atoms with Crippen LogP contribution >= 0.6 is 11.6 Å². The maximum atomic E-state index is 12.2. The zero-order chi connectivity index (χ0) is 12.8. The number of halogens is 1. The lowest BCUT2D eigenvalue weighted by atomic mass is 10.2. The van der Waals surface area contributed by atoms with Crippen LogP contribution in [0.4, 0.5) is 0 Å². The third-order valence-corrected chi connectivity index (χ3v) is 2.60. The van der Waals surface area contributed by atoms with E-state index in [-0.39, 0.29) is 11.9 Å². The molecule has 1 rings (SSSR count). The lowest BCUT2D eigenvalue weighted by molar-refractivity contribution is 0.0629. The molecule has 1 heterocycles. The van der Waals surface area contributed by atoms with Crippen LogP contribution in [0.5, 0.6) is 0 Å². The third kappa shape index (κ3) is 3.98. The van der Waals surface area contributed by atoms with Gasteiger partial charge in [-0.15, -0.1) is 0 Å². The number of methoxy groups -OCH3 is 1. The number of aromatic nitrogens is 1. The molecule has 0 aromatic carbocycles. The maximum absolute atomic E-state index is 12.2. The minimum atomic E-state index is -0.125. The van der Waals surface area contributed by atoms with Gasteiger partial charge in [-0.1, -0.05) is 11.6 Å². The molecule has 0 unspecified atom stereocenters. The molecule has 0 fully saturated rings. The van der Waals surface area contributed by atoms with Gasteiger partial charge in [-0.05, 0) is 26.0 Å². The Morgan fingerprint density at radius 2 is 2.29 bits per heavy atom. The lowest BCUT2D eigenvalue weighted by Gasteiger charge is -2.26. The first-order valence-corrected chi connectivity index (χ1v) is 5.85. The normalized spacial score (nSPS) is 10.6. The Morgan fingerprint density at radius 3 is 2.82 bits per heavy atom. The molecule has 0 aliphatic carbocycles. The number of carbonyl (C=O) groups is 1. The fourth-order valence-corrected chi connectivity index (χ4v) is 1.61. The zero-order valence-electron chi connectivity index (χ0n) is 10.3. The smallest absolute Gasteiger partial charge is 0.272 e. The largest absolute Gasteiger partial charge is 0.383 e. The molecular weight excluding hydrogens is 240 g/mol. The van der Waals surface area contributed by atoms with Crippen molar-refractivity contribution in [3.8, 4) is 0 Å². The molecule has 0 spiro atoms. The molecule has 0 radical (unpaired) electrons. The number of ether oxygens (including phenoxy) is 1. The molecular formula is C12H17ClN2O2. The van der Waals surface area contributed by atoms with E-state index in [2.05, 4.69) is 4.98 Å². The minimum absolute atomic E-state index is 0.0958. The van der Waals surface area contributed by atoms with E-state index >= 15 is 0 Å². The Hall–Kier alpha value is -1.13. The van der Waals surface area contributed by atoms with Gasteiger partial charge in [0, 0.05) is 30.9 Å². The van der Waals surface area contributed by atoms with Gasteiger partial charge in [0.05, 0.1) is 6.61 Å². The molecule has 1 aromatic heterocycles. The molecule has 17 heavy (non-hydrogen) atoms. The monoisotopic (exact) mass is 256 g/mol. The zero-order valence-corrected chi connectivity index (χ0v) is 11.1. The summed E-state index contributed by atoms with van der Waals surface area (Å²) >= 11 is 5.84. The van der Waals surface area contributed by atoms with Gasteiger partial charge in [0.2, 0.25) is 0 Å². The van der Waals surface area contributed by atoms with Crippen LogP contribution < -0.4 is 0 Å². The molecule has 1 aromatic rings. The SMILES string of the molecule is COCCN(C(=O)c1cc(Cl)ccn1)C(C)C. The van der Waals surface area contributed by atoms with Gasteiger partial charge in [-0.25, -0.2) is 0 Å². The summed E-state index contributed by atoms with van der Waals surface area (Å²) < 4.78 is 4.99. The second-order valence-electron chi connectivity index (χ2n) is 3.94. The first-order chi connectivity index (χ1) is 8.06. The molecule has 0 atom stereocenters. The van der Waals surface area contributed by atoms with E-state index < -0.39 is 0 Å². The van der Waals surface area contributed by atoms with Crippen molar-refractivity contribution in [2.24, 2.45) is 0 Å². The van der Waals surface area contributed by atoms with E-state index in [1.54, 1.807) is 24.1 Å². The van der Waals surface area contributed by atoms with Gasteiger partial charge in [-0.2, -0.15) is 0 Å². The minimum Gasteiger partial charge on any atom is -0.383 e. The van der Waals surface area contributed by atoms with Crippen molar-refractivity contribution < 1.29 is 9.53 Å². The van der Waals surface area contributed by atoms with Gasteiger partial charge in [0.25, 0.3) is 5.91 Å². The summed E-state index contributed by atoms with van der Waals surface area (Å²) in [7, 11) is 1.61. The Kier molecular flexibility index (Phi) is 5.38. The number of amides is 1. The molecule has 4 nitrogen and oxygen atoms in total. The second-order valence-corrected chi connectivity index (χ2v) is 4.38. The molecule has 1 amide bonds. The molecule has 5 heteroatoms. The van der Waals surface area contributed by atoms with Crippen molar-refractivity contribution in [2.75, 3.05) is 20.3 Å². The van der Waals surface area contributed by atoms with Crippen molar-refractivity contribution in [3.05, 3.63) is 29.0 Å².